The highest BCUT2D eigenvalue weighted by atomic mass is 16.7. The third-order valence-corrected chi connectivity index (χ3v) is 5.63. The molecule has 0 radical (unpaired) electrons. The Balaban J connectivity index is 2.56. The zero-order chi connectivity index (χ0) is 19.1. The molecule has 0 bridgehead atoms. The summed E-state index contributed by atoms with van der Waals surface area (Å²) in [4.78, 5) is 0. The Morgan fingerprint density at radius 3 is 1.92 bits per heavy atom. The third-order valence-electron chi connectivity index (χ3n) is 5.63. The normalized spacial score (nSPS) is 18.2. The van der Waals surface area contributed by atoms with Crippen molar-refractivity contribution < 1.29 is 14.2 Å². The van der Waals surface area contributed by atoms with Crippen molar-refractivity contribution in [2.24, 2.45) is 5.92 Å². The van der Waals surface area contributed by atoms with E-state index in [1.807, 2.05) is 0 Å². The second-order valence-corrected chi connectivity index (χ2v) is 7.92. The number of hydrogen-bond donors (Lipinski definition) is 0. The molecule has 0 spiro atoms. The van der Waals surface area contributed by atoms with Crippen LogP contribution in [0, 0.1) is 5.92 Å². The van der Waals surface area contributed by atoms with Crippen LogP contribution in [-0.2, 0) is 14.2 Å². The fourth-order valence-electron chi connectivity index (χ4n) is 4.22. The van der Waals surface area contributed by atoms with Crippen LogP contribution in [0.25, 0.3) is 0 Å². The predicted molar refractivity (Wildman–Crippen MR) is 111 cm³/mol. The summed E-state index contributed by atoms with van der Waals surface area (Å²) in [7, 11) is 0. The van der Waals surface area contributed by atoms with Gasteiger partial charge in [0.05, 0.1) is 12.7 Å². The standard InChI is InChI=1S/C23H46O3/c1-5-9-10-11-12-13-16-21(17-14-15-18-22-20-24-22)23(19-6-2,25-7-3)26-8-4/h21-22H,5-20H2,1-4H3. The van der Waals surface area contributed by atoms with E-state index in [0.29, 0.717) is 12.0 Å². The summed E-state index contributed by atoms with van der Waals surface area (Å²) in [5, 5.41) is 0. The van der Waals surface area contributed by atoms with Gasteiger partial charge in [-0.3, -0.25) is 0 Å². The van der Waals surface area contributed by atoms with Crippen molar-refractivity contribution in [3.05, 3.63) is 0 Å². The van der Waals surface area contributed by atoms with Crippen LogP contribution in [0.2, 0.25) is 0 Å². The molecule has 1 saturated heterocycles. The molecule has 1 fully saturated rings. The minimum absolute atomic E-state index is 0.363. The molecule has 0 aromatic heterocycles. The Bertz CT molecular complexity index is 298. The van der Waals surface area contributed by atoms with Gasteiger partial charge in [0.25, 0.3) is 0 Å². The third kappa shape index (κ3) is 9.71. The predicted octanol–water partition coefficient (Wildman–Crippen LogP) is 6.88. The van der Waals surface area contributed by atoms with Gasteiger partial charge in [-0.05, 0) is 33.1 Å². The van der Waals surface area contributed by atoms with Crippen molar-refractivity contribution in [2.75, 3.05) is 19.8 Å². The number of epoxide rings is 1. The minimum Gasteiger partial charge on any atom is -0.373 e. The lowest BCUT2D eigenvalue weighted by atomic mass is 9.84. The lowest BCUT2D eigenvalue weighted by molar-refractivity contribution is -0.270. The van der Waals surface area contributed by atoms with Crippen molar-refractivity contribution >= 4 is 0 Å². The van der Waals surface area contributed by atoms with Gasteiger partial charge in [0.2, 0.25) is 0 Å². The van der Waals surface area contributed by atoms with Crippen LogP contribution in [0.5, 0.6) is 0 Å². The second-order valence-electron chi connectivity index (χ2n) is 7.92. The molecular weight excluding hydrogens is 324 g/mol. The molecule has 1 aliphatic heterocycles. The lowest BCUT2D eigenvalue weighted by Gasteiger charge is -2.40. The smallest absolute Gasteiger partial charge is 0.170 e. The molecule has 2 atom stereocenters. The molecule has 1 aliphatic rings. The van der Waals surface area contributed by atoms with Gasteiger partial charge in [0.15, 0.2) is 5.79 Å². The maximum absolute atomic E-state index is 6.31. The molecular formula is C23H46O3. The first kappa shape index (κ1) is 23.9. The molecule has 0 aromatic rings. The molecule has 26 heavy (non-hydrogen) atoms. The molecule has 0 saturated carbocycles. The first-order chi connectivity index (χ1) is 12.7. The van der Waals surface area contributed by atoms with E-state index < -0.39 is 0 Å². The van der Waals surface area contributed by atoms with Crippen LogP contribution in [-0.4, -0.2) is 31.7 Å². The summed E-state index contributed by atoms with van der Waals surface area (Å²) in [6.45, 7) is 11.2. The molecule has 0 N–H and O–H groups in total. The number of rotatable bonds is 19. The fourth-order valence-corrected chi connectivity index (χ4v) is 4.22. The maximum atomic E-state index is 6.31. The van der Waals surface area contributed by atoms with Gasteiger partial charge in [0.1, 0.15) is 0 Å². The topological polar surface area (TPSA) is 31.0 Å². The second kappa shape index (κ2) is 14.9. The van der Waals surface area contributed by atoms with E-state index >= 15 is 0 Å². The van der Waals surface area contributed by atoms with Gasteiger partial charge < -0.3 is 14.2 Å². The van der Waals surface area contributed by atoms with Crippen molar-refractivity contribution in [1.82, 2.24) is 0 Å². The Labute approximate surface area is 163 Å². The fraction of sp³-hybridized carbons (Fsp3) is 1.00. The first-order valence-corrected chi connectivity index (χ1v) is 11.6. The maximum Gasteiger partial charge on any atom is 0.170 e. The van der Waals surface area contributed by atoms with Crippen molar-refractivity contribution in [1.29, 1.82) is 0 Å². The van der Waals surface area contributed by atoms with Crippen molar-refractivity contribution in [3.63, 3.8) is 0 Å². The Morgan fingerprint density at radius 1 is 0.808 bits per heavy atom. The van der Waals surface area contributed by atoms with Gasteiger partial charge >= 0.3 is 0 Å². The van der Waals surface area contributed by atoms with E-state index in [0.717, 1.165) is 32.7 Å². The largest absolute Gasteiger partial charge is 0.373 e. The van der Waals surface area contributed by atoms with Gasteiger partial charge in [-0.2, -0.15) is 0 Å². The average molecular weight is 371 g/mol. The van der Waals surface area contributed by atoms with Crippen LogP contribution in [0.4, 0.5) is 0 Å². The summed E-state index contributed by atoms with van der Waals surface area (Å²) in [6.07, 6.45) is 17.1. The monoisotopic (exact) mass is 370 g/mol. The van der Waals surface area contributed by atoms with E-state index in [2.05, 4.69) is 27.7 Å². The summed E-state index contributed by atoms with van der Waals surface area (Å²) < 4.78 is 18.0. The Morgan fingerprint density at radius 2 is 1.38 bits per heavy atom. The lowest BCUT2D eigenvalue weighted by Crippen LogP contribution is -2.44. The van der Waals surface area contributed by atoms with Crippen LogP contribution >= 0.6 is 0 Å². The highest BCUT2D eigenvalue weighted by Crippen LogP contribution is 2.37. The zero-order valence-corrected chi connectivity index (χ0v) is 18.2. The summed E-state index contributed by atoms with van der Waals surface area (Å²) in [5.41, 5.74) is 0. The molecule has 1 rings (SSSR count). The van der Waals surface area contributed by atoms with Crippen molar-refractivity contribution in [3.8, 4) is 0 Å². The number of unbranched alkanes of at least 4 members (excludes halogenated alkanes) is 6. The van der Waals surface area contributed by atoms with E-state index in [1.54, 1.807) is 0 Å². The molecule has 3 heteroatoms. The highest BCUT2D eigenvalue weighted by Gasteiger charge is 2.39. The minimum atomic E-state index is -0.363. The van der Waals surface area contributed by atoms with E-state index in [-0.39, 0.29) is 5.79 Å². The van der Waals surface area contributed by atoms with Gasteiger partial charge in [0, 0.05) is 25.6 Å². The van der Waals surface area contributed by atoms with Crippen LogP contribution < -0.4 is 0 Å². The Hall–Kier alpha value is -0.120. The molecule has 0 amide bonds. The van der Waals surface area contributed by atoms with Crippen LogP contribution in [0.1, 0.15) is 111 Å². The molecule has 0 aliphatic carbocycles. The molecule has 3 nitrogen and oxygen atoms in total. The average Bonchev–Trinajstić information content (AvgIpc) is 3.44. The molecule has 2 unspecified atom stereocenters. The van der Waals surface area contributed by atoms with Gasteiger partial charge in [-0.15, -0.1) is 0 Å². The van der Waals surface area contributed by atoms with Crippen molar-refractivity contribution in [2.45, 2.75) is 123 Å². The quantitative estimate of drug-likeness (QED) is 0.141. The van der Waals surface area contributed by atoms with Gasteiger partial charge in [-0.25, -0.2) is 0 Å². The molecule has 1 heterocycles. The van der Waals surface area contributed by atoms with Crippen LogP contribution in [0.15, 0.2) is 0 Å². The van der Waals surface area contributed by atoms with E-state index in [1.165, 1.54) is 70.6 Å². The number of hydrogen-bond acceptors (Lipinski definition) is 3. The zero-order valence-electron chi connectivity index (χ0n) is 18.2. The van der Waals surface area contributed by atoms with E-state index in [9.17, 15) is 0 Å². The molecule has 0 aromatic carbocycles. The summed E-state index contributed by atoms with van der Waals surface area (Å²) >= 11 is 0. The van der Waals surface area contributed by atoms with Crippen LogP contribution in [0.3, 0.4) is 0 Å². The first-order valence-electron chi connectivity index (χ1n) is 11.6. The van der Waals surface area contributed by atoms with Gasteiger partial charge in [-0.1, -0.05) is 71.6 Å². The molecule has 156 valence electrons. The summed E-state index contributed by atoms with van der Waals surface area (Å²) in [6, 6.07) is 0. The number of ether oxygens (including phenoxy) is 3. The highest BCUT2D eigenvalue weighted by molar-refractivity contribution is 4.81. The SMILES string of the molecule is CCCCCCCCC(CCCCC1CO1)C(CCC)(OCC)OCC. The Kier molecular flexibility index (Phi) is 13.7. The van der Waals surface area contributed by atoms with E-state index in [4.69, 9.17) is 14.2 Å². The summed E-state index contributed by atoms with van der Waals surface area (Å²) in [5.74, 6) is 0.159.